The van der Waals surface area contributed by atoms with Crippen molar-refractivity contribution in [3.8, 4) is 11.4 Å². The molecule has 150 valence electrons. The van der Waals surface area contributed by atoms with Crippen LogP contribution in [0.15, 0.2) is 60.8 Å². The van der Waals surface area contributed by atoms with E-state index in [0.29, 0.717) is 22.8 Å². The lowest BCUT2D eigenvalue weighted by Gasteiger charge is -2.14. The molecular formula is C20H15N5O5. The van der Waals surface area contributed by atoms with E-state index in [-0.39, 0.29) is 24.1 Å². The summed E-state index contributed by atoms with van der Waals surface area (Å²) in [5.41, 5.74) is 2.32. The van der Waals surface area contributed by atoms with E-state index in [1.54, 1.807) is 36.5 Å². The molecule has 0 atom stereocenters. The number of nitrogens with zero attached hydrogens (tertiary/aromatic N) is 5. The largest absolute Gasteiger partial charge is 0.487 e. The van der Waals surface area contributed by atoms with Crippen molar-refractivity contribution in [1.82, 2.24) is 15.0 Å². The number of non-ortho nitro benzene ring substituents is 1. The van der Waals surface area contributed by atoms with Gasteiger partial charge in [0.25, 0.3) is 17.5 Å². The molecular weight excluding hydrogens is 390 g/mol. The second-order valence-electron chi connectivity index (χ2n) is 6.51. The Balaban J connectivity index is 1.44. The molecule has 0 N–H and O–H groups in total. The van der Waals surface area contributed by atoms with Crippen LogP contribution < -0.4 is 9.64 Å². The number of imide groups is 1. The second-order valence-corrected chi connectivity index (χ2v) is 6.51. The van der Waals surface area contributed by atoms with Crippen LogP contribution in [0.5, 0.6) is 5.75 Å². The Bertz CT molecular complexity index is 1160. The summed E-state index contributed by atoms with van der Waals surface area (Å²) in [6.07, 6.45) is 4.08. The highest BCUT2D eigenvalue weighted by Crippen LogP contribution is 2.23. The summed E-state index contributed by atoms with van der Waals surface area (Å²) >= 11 is 0. The molecule has 2 amide bonds. The van der Waals surface area contributed by atoms with Gasteiger partial charge in [0, 0.05) is 24.3 Å². The zero-order valence-corrected chi connectivity index (χ0v) is 15.8. The Hall–Kier alpha value is -4.34. The number of hydrogen-bond acceptors (Lipinski definition) is 7. The number of nitro groups is 1. The van der Waals surface area contributed by atoms with Crippen molar-refractivity contribution in [1.29, 1.82) is 0 Å². The fourth-order valence-electron chi connectivity index (χ4n) is 2.94. The van der Waals surface area contributed by atoms with Crippen LogP contribution in [0, 0.1) is 17.0 Å². The summed E-state index contributed by atoms with van der Waals surface area (Å²) in [6, 6.07) is 11.0. The van der Waals surface area contributed by atoms with Crippen molar-refractivity contribution in [3.63, 3.8) is 0 Å². The van der Waals surface area contributed by atoms with E-state index in [1.165, 1.54) is 29.0 Å². The molecule has 3 aromatic rings. The predicted octanol–water partition coefficient (Wildman–Crippen LogP) is 2.49. The minimum absolute atomic E-state index is 0.0332. The average molecular weight is 405 g/mol. The van der Waals surface area contributed by atoms with Gasteiger partial charge in [-0.15, -0.1) is 5.10 Å². The van der Waals surface area contributed by atoms with E-state index in [4.69, 9.17) is 4.74 Å². The zero-order chi connectivity index (χ0) is 21.3. The molecule has 10 heteroatoms. The lowest BCUT2D eigenvalue weighted by atomic mass is 10.2. The molecule has 2 heterocycles. The number of benzene rings is 2. The molecule has 10 nitrogen and oxygen atoms in total. The number of ether oxygens (including phenoxy) is 1. The molecule has 1 aliphatic heterocycles. The van der Waals surface area contributed by atoms with Gasteiger partial charge in [0.1, 0.15) is 18.1 Å². The van der Waals surface area contributed by atoms with Gasteiger partial charge in [-0.2, -0.15) is 0 Å². The molecule has 0 saturated carbocycles. The maximum absolute atomic E-state index is 11.7. The lowest BCUT2D eigenvalue weighted by Crippen LogP contribution is -2.29. The van der Waals surface area contributed by atoms with Crippen molar-refractivity contribution in [3.05, 3.63) is 82.2 Å². The summed E-state index contributed by atoms with van der Waals surface area (Å²) in [5.74, 6) is -0.254. The van der Waals surface area contributed by atoms with Gasteiger partial charge in [0.05, 0.1) is 22.5 Å². The number of hydrogen-bond donors (Lipinski definition) is 0. The highest BCUT2D eigenvalue weighted by atomic mass is 16.6. The molecule has 0 spiro atoms. The van der Waals surface area contributed by atoms with E-state index in [2.05, 4.69) is 10.3 Å². The van der Waals surface area contributed by atoms with Gasteiger partial charge in [0.15, 0.2) is 0 Å². The van der Waals surface area contributed by atoms with Gasteiger partial charge in [-0.1, -0.05) is 11.3 Å². The molecule has 1 aliphatic rings. The first-order valence-electron chi connectivity index (χ1n) is 8.88. The van der Waals surface area contributed by atoms with Crippen LogP contribution in [-0.2, 0) is 16.2 Å². The smallest absolute Gasteiger partial charge is 0.271 e. The van der Waals surface area contributed by atoms with Gasteiger partial charge in [-0.05, 0) is 36.8 Å². The number of nitro benzene ring substituents is 1. The zero-order valence-electron chi connectivity index (χ0n) is 15.8. The molecule has 4 rings (SSSR count). The van der Waals surface area contributed by atoms with Crippen LogP contribution in [-0.4, -0.2) is 31.7 Å². The predicted molar refractivity (Wildman–Crippen MR) is 105 cm³/mol. The monoisotopic (exact) mass is 405 g/mol. The summed E-state index contributed by atoms with van der Waals surface area (Å²) in [6.45, 7) is 1.94. The maximum atomic E-state index is 11.7. The lowest BCUT2D eigenvalue weighted by molar-refractivity contribution is -0.384. The van der Waals surface area contributed by atoms with E-state index >= 15 is 0 Å². The van der Waals surface area contributed by atoms with Crippen molar-refractivity contribution in [2.75, 3.05) is 4.90 Å². The third-order valence-electron chi connectivity index (χ3n) is 4.48. The second kappa shape index (κ2) is 7.59. The van der Waals surface area contributed by atoms with E-state index in [0.717, 1.165) is 10.5 Å². The third kappa shape index (κ3) is 3.65. The van der Waals surface area contributed by atoms with Crippen LogP contribution >= 0.6 is 0 Å². The third-order valence-corrected chi connectivity index (χ3v) is 4.48. The first-order valence-corrected chi connectivity index (χ1v) is 8.88. The molecule has 1 aromatic heterocycles. The molecule has 0 unspecified atom stereocenters. The molecule has 0 bridgehead atoms. The minimum atomic E-state index is -0.465. The fourth-order valence-corrected chi connectivity index (χ4v) is 2.94. The standard InChI is InChI=1S/C20H15N5O5/c1-13-2-3-16(25(28)29)10-18(13)23-11-14(21-22-23)12-30-17-6-4-15(5-7-17)24-19(26)8-9-20(24)27/h2-11H,12H2,1H3. The summed E-state index contributed by atoms with van der Waals surface area (Å²) in [4.78, 5) is 35.0. The Morgan fingerprint density at radius 1 is 1.07 bits per heavy atom. The minimum Gasteiger partial charge on any atom is -0.487 e. The van der Waals surface area contributed by atoms with Crippen molar-refractivity contribution < 1.29 is 19.2 Å². The summed E-state index contributed by atoms with van der Waals surface area (Å²) in [7, 11) is 0. The van der Waals surface area contributed by atoms with E-state index in [9.17, 15) is 19.7 Å². The fraction of sp³-hybridized carbons (Fsp3) is 0.100. The number of anilines is 1. The number of amides is 2. The molecule has 0 saturated heterocycles. The summed E-state index contributed by atoms with van der Waals surface area (Å²) in [5, 5.41) is 19.1. The van der Waals surface area contributed by atoms with Gasteiger partial charge in [0.2, 0.25) is 0 Å². The van der Waals surface area contributed by atoms with Gasteiger partial charge in [-0.3, -0.25) is 19.7 Å². The van der Waals surface area contributed by atoms with E-state index in [1.807, 2.05) is 6.92 Å². The number of aromatic nitrogens is 3. The van der Waals surface area contributed by atoms with Crippen LogP contribution in [0.25, 0.3) is 5.69 Å². The van der Waals surface area contributed by atoms with E-state index < -0.39 is 4.92 Å². The van der Waals surface area contributed by atoms with Crippen LogP contribution in [0.3, 0.4) is 0 Å². The first-order chi connectivity index (χ1) is 14.4. The van der Waals surface area contributed by atoms with Crippen LogP contribution in [0.4, 0.5) is 11.4 Å². The number of rotatable bonds is 6. The Kier molecular flexibility index (Phi) is 4.80. The Morgan fingerprint density at radius 2 is 1.77 bits per heavy atom. The molecule has 30 heavy (non-hydrogen) atoms. The van der Waals surface area contributed by atoms with Gasteiger partial charge in [-0.25, -0.2) is 9.58 Å². The number of aryl methyl sites for hydroxylation is 1. The van der Waals surface area contributed by atoms with Gasteiger partial charge >= 0.3 is 0 Å². The SMILES string of the molecule is Cc1ccc([N+](=O)[O-])cc1-n1cc(COc2ccc(N3C(=O)C=CC3=O)cc2)nn1. The Morgan fingerprint density at radius 3 is 2.43 bits per heavy atom. The molecule has 2 aromatic carbocycles. The number of carbonyl (C=O) groups is 2. The highest BCUT2D eigenvalue weighted by molar-refractivity contribution is 6.28. The first kappa shape index (κ1) is 19.0. The molecule has 0 fully saturated rings. The normalized spacial score (nSPS) is 13.2. The topological polar surface area (TPSA) is 120 Å². The van der Waals surface area contributed by atoms with Gasteiger partial charge < -0.3 is 4.74 Å². The number of carbonyl (C=O) groups excluding carboxylic acids is 2. The molecule has 0 radical (unpaired) electrons. The summed E-state index contributed by atoms with van der Waals surface area (Å²) < 4.78 is 7.14. The van der Waals surface area contributed by atoms with Crippen LogP contribution in [0.1, 0.15) is 11.3 Å². The molecule has 0 aliphatic carbocycles. The van der Waals surface area contributed by atoms with Crippen molar-refractivity contribution in [2.45, 2.75) is 13.5 Å². The van der Waals surface area contributed by atoms with Crippen LogP contribution in [0.2, 0.25) is 0 Å². The Labute approximate surface area is 170 Å². The van der Waals surface area contributed by atoms with Crippen molar-refractivity contribution >= 4 is 23.2 Å². The highest BCUT2D eigenvalue weighted by Gasteiger charge is 2.24. The van der Waals surface area contributed by atoms with Crippen molar-refractivity contribution in [2.24, 2.45) is 0 Å². The maximum Gasteiger partial charge on any atom is 0.271 e. The quantitative estimate of drug-likeness (QED) is 0.351. The average Bonchev–Trinajstić information content (AvgIpc) is 3.33.